The van der Waals surface area contributed by atoms with E-state index in [2.05, 4.69) is 17.2 Å². The molecule has 0 radical (unpaired) electrons. The first-order valence-corrected chi connectivity index (χ1v) is 22.8. The summed E-state index contributed by atoms with van der Waals surface area (Å²) in [5, 5.41) is 0. The van der Waals surface area contributed by atoms with E-state index in [4.69, 9.17) is 14.2 Å². The van der Waals surface area contributed by atoms with Gasteiger partial charge in [-0.1, -0.05) is 154 Å². The van der Waals surface area contributed by atoms with Crippen molar-refractivity contribution in [2.24, 2.45) is 0 Å². The van der Waals surface area contributed by atoms with Crippen molar-refractivity contribution in [2.45, 2.75) is 212 Å². The van der Waals surface area contributed by atoms with Crippen molar-refractivity contribution in [3.05, 3.63) is 42.2 Å². The highest BCUT2D eigenvalue weighted by molar-refractivity contribution is 5.70. The van der Waals surface area contributed by atoms with Crippen LogP contribution in [0.25, 0.3) is 0 Å². The molecule has 1 aliphatic heterocycles. The lowest BCUT2D eigenvalue weighted by atomic mass is 10.0. The third kappa shape index (κ3) is 35.5. The van der Waals surface area contributed by atoms with Gasteiger partial charge < -0.3 is 19.1 Å². The Bertz CT molecular complexity index is 1060. The molecule has 1 aliphatic rings. The zero-order valence-corrected chi connectivity index (χ0v) is 35.7. The van der Waals surface area contributed by atoms with Gasteiger partial charge in [0.25, 0.3) is 0 Å². The lowest BCUT2D eigenvalue weighted by Gasteiger charge is -2.18. The molecule has 0 saturated heterocycles. The van der Waals surface area contributed by atoms with Crippen molar-refractivity contribution in [1.82, 2.24) is 4.90 Å². The molecular formula is C48H83NO6. The number of hydrogen-bond donors (Lipinski definition) is 0. The number of carbonyl (C=O) groups is 3. The minimum atomic E-state index is -0.167. The number of nitrogens with zero attached hydrogens (tertiary/aromatic N) is 1. The summed E-state index contributed by atoms with van der Waals surface area (Å²) < 4.78 is 16.8. The summed E-state index contributed by atoms with van der Waals surface area (Å²) in [5.74, 6) is -0.341. The van der Waals surface area contributed by atoms with Gasteiger partial charge in [-0.25, -0.2) is 0 Å². The standard InChI is InChI=1S/C48H83NO6/c1-4-44-35-28-27-33-42-53-46(50)38-31-25-21-17-13-9-5-7-11-15-19-23-29-36-45(55-48(52)40-34-41-49(2)3)37-30-24-20-16-12-8-6-10-14-18-22-26-32-39-47(51)54-43-44/h4,28,33,35,45H,1,5-26,29-32,34,36-43H2,2-3H3/b44-35+. The molecule has 0 aromatic carbocycles. The molecular weight excluding hydrogens is 687 g/mol. The Hall–Kier alpha value is -2.63. The van der Waals surface area contributed by atoms with Crippen LogP contribution in [0.3, 0.4) is 0 Å². The van der Waals surface area contributed by atoms with Crippen molar-refractivity contribution in [3.8, 4) is 0 Å². The Kier molecular flexibility index (Phi) is 35.0. The first-order valence-electron chi connectivity index (χ1n) is 22.8. The Balaban J connectivity index is 2.46. The van der Waals surface area contributed by atoms with Crippen LogP contribution in [0.2, 0.25) is 0 Å². The summed E-state index contributed by atoms with van der Waals surface area (Å²) in [7, 11) is 4.10. The highest BCUT2D eigenvalue weighted by Gasteiger charge is 2.14. The minimum Gasteiger partial charge on any atom is -0.462 e. The number of esters is 3. The molecule has 0 aliphatic carbocycles. The average Bonchev–Trinajstić information content (AvgIpc) is 3.16. The molecule has 7 nitrogen and oxygen atoms in total. The zero-order chi connectivity index (χ0) is 39.9. The third-order valence-corrected chi connectivity index (χ3v) is 10.6. The van der Waals surface area contributed by atoms with E-state index in [1.807, 2.05) is 20.2 Å². The maximum absolute atomic E-state index is 12.6. The molecule has 1 atom stereocenters. The number of cyclic esters (lactones) is 2. The van der Waals surface area contributed by atoms with Gasteiger partial charge >= 0.3 is 17.9 Å². The Morgan fingerprint density at radius 2 is 1.11 bits per heavy atom. The van der Waals surface area contributed by atoms with E-state index in [-0.39, 0.29) is 37.2 Å². The van der Waals surface area contributed by atoms with Crippen LogP contribution in [0.5, 0.6) is 0 Å². The monoisotopic (exact) mass is 770 g/mol. The van der Waals surface area contributed by atoms with Crippen molar-refractivity contribution in [3.63, 3.8) is 0 Å². The molecule has 1 unspecified atom stereocenters. The molecule has 0 bridgehead atoms. The van der Waals surface area contributed by atoms with E-state index in [1.54, 1.807) is 18.2 Å². The molecule has 55 heavy (non-hydrogen) atoms. The van der Waals surface area contributed by atoms with Crippen LogP contribution in [-0.2, 0) is 28.6 Å². The van der Waals surface area contributed by atoms with Crippen LogP contribution in [-0.4, -0.2) is 62.8 Å². The van der Waals surface area contributed by atoms with Gasteiger partial charge in [0.1, 0.15) is 19.3 Å². The van der Waals surface area contributed by atoms with Gasteiger partial charge in [0.15, 0.2) is 0 Å². The molecule has 316 valence electrons. The highest BCUT2D eigenvalue weighted by atomic mass is 16.5. The fraction of sp³-hybridized carbons (Fsp3) is 0.792. The van der Waals surface area contributed by atoms with Crippen molar-refractivity contribution in [2.75, 3.05) is 33.9 Å². The first kappa shape index (κ1) is 50.4. The summed E-state index contributed by atoms with van der Waals surface area (Å²) in [6.45, 7) is 5.14. The molecule has 0 N–H and O–H groups in total. The molecule has 0 spiro atoms. The Morgan fingerprint density at radius 3 is 1.55 bits per heavy atom. The fourth-order valence-electron chi connectivity index (χ4n) is 7.11. The molecule has 7 heteroatoms. The number of hydrogen-bond acceptors (Lipinski definition) is 7. The molecule has 0 saturated carbocycles. The maximum Gasteiger partial charge on any atom is 0.306 e. The summed E-state index contributed by atoms with van der Waals surface area (Å²) in [6, 6.07) is 0. The van der Waals surface area contributed by atoms with Crippen molar-refractivity contribution in [1.29, 1.82) is 0 Å². The van der Waals surface area contributed by atoms with Gasteiger partial charge in [0.05, 0.1) is 0 Å². The lowest BCUT2D eigenvalue weighted by molar-refractivity contribution is -0.150. The minimum absolute atomic E-state index is 0.0141. The van der Waals surface area contributed by atoms with E-state index in [1.165, 1.54) is 128 Å². The van der Waals surface area contributed by atoms with Crippen LogP contribution in [0.15, 0.2) is 42.2 Å². The van der Waals surface area contributed by atoms with Gasteiger partial charge in [-0.05, 0) is 89.4 Å². The topological polar surface area (TPSA) is 82.1 Å². The van der Waals surface area contributed by atoms with Crippen LogP contribution in [0, 0.1) is 0 Å². The van der Waals surface area contributed by atoms with Gasteiger partial charge in [0, 0.05) is 19.3 Å². The van der Waals surface area contributed by atoms with Crippen LogP contribution >= 0.6 is 0 Å². The number of rotatable bonds is 6. The van der Waals surface area contributed by atoms with E-state index in [9.17, 15) is 14.4 Å². The van der Waals surface area contributed by atoms with E-state index in [0.29, 0.717) is 19.3 Å². The molecule has 0 aromatic heterocycles. The second-order valence-corrected chi connectivity index (χ2v) is 16.1. The number of ether oxygens (including phenoxy) is 3. The second-order valence-electron chi connectivity index (χ2n) is 16.1. The largest absolute Gasteiger partial charge is 0.462 e. The van der Waals surface area contributed by atoms with Crippen LogP contribution < -0.4 is 0 Å². The summed E-state index contributed by atoms with van der Waals surface area (Å²) in [5.41, 5.74) is 3.80. The lowest BCUT2D eigenvalue weighted by Crippen LogP contribution is -2.20. The summed E-state index contributed by atoms with van der Waals surface area (Å²) in [6.07, 6.45) is 43.1. The van der Waals surface area contributed by atoms with Crippen molar-refractivity contribution < 1.29 is 28.6 Å². The molecule has 0 fully saturated rings. The number of carbonyl (C=O) groups excluding carboxylic acids is 3. The van der Waals surface area contributed by atoms with Crippen LogP contribution in [0.4, 0.5) is 0 Å². The summed E-state index contributed by atoms with van der Waals surface area (Å²) >= 11 is 0. The Morgan fingerprint density at radius 1 is 0.691 bits per heavy atom. The highest BCUT2D eigenvalue weighted by Crippen LogP contribution is 2.19. The average molecular weight is 770 g/mol. The molecule has 0 aromatic rings. The van der Waals surface area contributed by atoms with E-state index >= 15 is 0 Å². The predicted octanol–water partition coefficient (Wildman–Crippen LogP) is 12.9. The summed E-state index contributed by atoms with van der Waals surface area (Å²) in [4.78, 5) is 39.0. The SMILES string of the molecule is C=C/C1=C\C=C=CCOC(=O)CCCCCCCCCCCCCCCC(OC(=O)CCCN(C)C)CCCCCCCCCCCCCCCC(=O)OC1. The normalized spacial score (nSPS) is 22.5. The quantitative estimate of drug-likeness (QED) is 0.151. The molecule has 1 rings (SSSR count). The number of allylic oxidation sites excluding steroid dienone is 1. The van der Waals surface area contributed by atoms with Crippen LogP contribution in [0.1, 0.15) is 205 Å². The van der Waals surface area contributed by atoms with Gasteiger partial charge in [-0.15, -0.1) is 5.73 Å². The van der Waals surface area contributed by atoms with Gasteiger partial charge in [0.2, 0.25) is 0 Å². The zero-order valence-electron chi connectivity index (χ0n) is 35.7. The van der Waals surface area contributed by atoms with Gasteiger partial charge in [-0.3, -0.25) is 14.4 Å². The predicted molar refractivity (Wildman–Crippen MR) is 229 cm³/mol. The molecule has 1 heterocycles. The van der Waals surface area contributed by atoms with Gasteiger partial charge in [-0.2, -0.15) is 0 Å². The van der Waals surface area contributed by atoms with E-state index in [0.717, 1.165) is 69.9 Å². The Labute approximate surface area is 338 Å². The van der Waals surface area contributed by atoms with Crippen molar-refractivity contribution >= 4 is 17.9 Å². The third-order valence-electron chi connectivity index (χ3n) is 10.6. The maximum atomic E-state index is 12.6. The first-order chi connectivity index (χ1) is 26.9. The second kappa shape index (κ2) is 38.3. The smallest absolute Gasteiger partial charge is 0.306 e. The van der Waals surface area contributed by atoms with E-state index < -0.39 is 0 Å². The fourth-order valence-corrected chi connectivity index (χ4v) is 7.11. The molecule has 0 amide bonds.